The van der Waals surface area contributed by atoms with Crippen LogP contribution in [0.1, 0.15) is 35.2 Å². The molecule has 14 nitrogen and oxygen atoms in total. The highest BCUT2D eigenvalue weighted by molar-refractivity contribution is 6.01. The smallest absolute Gasteiger partial charge is 0.303 e. The standard InChI is InChI=1S/C25H29NO13/c27-10-18-22(35)23(36)24(37)25(39-18)38-17-9-12(28)8-16(31)21(17)15(30)4-2-11-1-3-14(29)13(7-11)26-19(32)5-6-20(33)34/h1,3,7-9,18,22-25,27-29,31,35-37H,2,4-6,10H2,(H,26,32)(H,33,34)/t18-,22+,23-,24-,25+/m0/s1. The predicted octanol–water partition coefficient (Wildman–Crippen LogP) is -0.399. The predicted molar refractivity (Wildman–Crippen MR) is 130 cm³/mol. The van der Waals surface area contributed by atoms with Gasteiger partial charge in [0.15, 0.2) is 5.78 Å². The number of carbonyl (C=O) groups excluding carboxylic acids is 2. The molecular formula is C25H29NO13. The van der Waals surface area contributed by atoms with Crippen LogP contribution in [-0.4, -0.2) is 95.8 Å². The molecule has 0 spiro atoms. The van der Waals surface area contributed by atoms with Crippen LogP contribution in [0.3, 0.4) is 0 Å². The molecule has 9 N–H and O–H groups in total. The fourth-order valence-electron chi connectivity index (χ4n) is 3.90. The van der Waals surface area contributed by atoms with E-state index >= 15 is 0 Å². The molecule has 5 atom stereocenters. The number of hydrogen-bond acceptors (Lipinski definition) is 12. The first kappa shape index (κ1) is 29.6. The number of aryl methyl sites for hydroxylation is 1. The Morgan fingerprint density at radius 3 is 2.28 bits per heavy atom. The molecule has 1 aliphatic rings. The van der Waals surface area contributed by atoms with Gasteiger partial charge in [0, 0.05) is 25.0 Å². The molecule has 0 aliphatic carbocycles. The number of aliphatic hydroxyl groups excluding tert-OH is 4. The summed E-state index contributed by atoms with van der Waals surface area (Å²) >= 11 is 0. The van der Waals surface area contributed by atoms with Gasteiger partial charge >= 0.3 is 5.97 Å². The number of carboxylic acid groups (broad SMARTS) is 1. The van der Waals surface area contributed by atoms with Crippen molar-refractivity contribution in [3.8, 4) is 23.0 Å². The molecular weight excluding hydrogens is 522 g/mol. The third-order valence-corrected chi connectivity index (χ3v) is 5.98. The Balaban J connectivity index is 1.76. The summed E-state index contributed by atoms with van der Waals surface area (Å²) in [6.07, 6.45) is -9.10. The van der Waals surface area contributed by atoms with Gasteiger partial charge in [-0.1, -0.05) is 6.07 Å². The number of ketones is 1. The SMILES string of the molecule is O=C(O)CCC(=O)Nc1cc(CCC(=O)c2c(O)cc(O)cc2O[C@@H]2O[C@@H](CO)[C@@H](O)[C@H](O)[C@@H]2O)ccc1O. The average molecular weight is 552 g/mol. The first-order chi connectivity index (χ1) is 18.4. The normalized spacial score (nSPS) is 22.7. The number of hydrogen-bond donors (Lipinski definition) is 9. The van der Waals surface area contributed by atoms with Crippen molar-refractivity contribution in [2.24, 2.45) is 0 Å². The molecule has 0 radical (unpaired) electrons. The number of aliphatic hydroxyl groups is 4. The second-order valence-corrected chi connectivity index (χ2v) is 8.87. The molecule has 1 aliphatic heterocycles. The molecule has 1 heterocycles. The van der Waals surface area contributed by atoms with Crippen LogP contribution in [0.2, 0.25) is 0 Å². The van der Waals surface area contributed by atoms with Crippen molar-refractivity contribution >= 4 is 23.3 Å². The Hall–Kier alpha value is -3.95. The number of ether oxygens (including phenoxy) is 2. The van der Waals surface area contributed by atoms with Gasteiger partial charge in [-0.2, -0.15) is 0 Å². The zero-order valence-corrected chi connectivity index (χ0v) is 20.4. The number of phenols is 3. The van der Waals surface area contributed by atoms with Gasteiger partial charge in [-0.25, -0.2) is 0 Å². The maximum atomic E-state index is 13.1. The first-order valence-corrected chi connectivity index (χ1v) is 11.8. The van der Waals surface area contributed by atoms with E-state index in [4.69, 9.17) is 14.6 Å². The molecule has 0 saturated carbocycles. The third kappa shape index (κ3) is 7.34. The summed E-state index contributed by atoms with van der Waals surface area (Å²) in [4.78, 5) is 35.6. The molecule has 0 aromatic heterocycles. The maximum Gasteiger partial charge on any atom is 0.303 e. The van der Waals surface area contributed by atoms with E-state index in [1.807, 2.05) is 0 Å². The van der Waals surface area contributed by atoms with Gasteiger partial charge in [0.25, 0.3) is 0 Å². The topological polar surface area (TPSA) is 244 Å². The van der Waals surface area contributed by atoms with Crippen LogP contribution in [0.5, 0.6) is 23.0 Å². The van der Waals surface area contributed by atoms with E-state index in [9.17, 15) is 50.1 Å². The number of carbonyl (C=O) groups is 3. The fourth-order valence-corrected chi connectivity index (χ4v) is 3.90. The van der Waals surface area contributed by atoms with Gasteiger partial charge in [-0.05, 0) is 24.1 Å². The van der Waals surface area contributed by atoms with E-state index in [2.05, 4.69) is 5.32 Å². The van der Waals surface area contributed by atoms with Crippen molar-refractivity contribution in [1.82, 2.24) is 0 Å². The Morgan fingerprint density at radius 2 is 1.62 bits per heavy atom. The van der Waals surface area contributed by atoms with Crippen LogP contribution in [0.4, 0.5) is 5.69 Å². The van der Waals surface area contributed by atoms with Gasteiger partial charge in [0.05, 0.1) is 18.7 Å². The number of aliphatic carboxylic acids is 1. The lowest BCUT2D eigenvalue weighted by molar-refractivity contribution is -0.277. The van der Waals surface area contributed by atoms with Crippen LogP contribution in [0, 0.1) is 0 Å². The highest BCUT2D eigenvalue weighted by atomic mass is 16.7. The number of rotatable bonds is 11. The van der Waals surface area contributed by atoms with Crippen molar-refractivity contribution in [3.05, 3.63) is 41.5 Å². The van der Waals surface area contributed by atoms with Crippen molar-refractivity contribution in [2.75, 3.05) is 11.9 Å². The molecule has 1 saturated heterocycles. The number of benzene rings is 2. The molecule has 39 heavy (non-hydrogen) atoms. The quantitative estimate of drug-likeness (QED) is 0.128. The second kappa shape index (κ2) is 12.7. The van der Waals surface area contributed by atoms with Gasteiger partial charge in [0.2, 0.25) is 12.2 Å². The maximum absolute atomic E-state index is 13.1. The Morgan fingerprint density at radius 1 is 0.897 bits per heavy atom. The molecule has 1 fully saturated rings. The fraction of sp³-hybridized carbons (Fsp3) is 0.400. The summed E-state index contributed by atoms with van der Waals surface area (Å²) < 4.78 is 10.8. The van der Waals surface area contributed by atoms with Crippen molar-refractivity contribution in [1.29, 1.82) is 0 Å². The summed E-state index contributed by atoms with van der Waals surface area (Å²) in [5.74, 6) is -4.30. The van der Waals surface area contributed by atoms with Crippen LogP contribution in [0.15, 0.2) is 30.3 Å². The number of Topliss-reactive ketones (excluding diaryl/α,β-unsaturated/α-hetero) is 1. The number of aromatic hydroxyl groups is 3. The molecule has 0 bridgehead atoms. The van der Waals surface area contributed by atoms with Gasteiger partial charge in [-0.3, -0.25) is 14.4 Å². The number of nitrogens with one attached hydrogen (secondary N) is 1. The summed E-state index contributed by atoms with van der Waals surface area (Å²) in [7, 11) is 0. The summed E-state index contributed by atoms with van der Waals surface area (Å²) in [5.41, 5.74) is 0.115. The highest BCUT2D eigenvalue weighted by Gasteiger charge is 2.45. The average Bonchev–Trinajstić information content (AvgIpc) is 2.87. The number of phenolic OH excluding ortho intramolecular Hbond substituents is 3. The molecule has 3 rings (SSSR count). The van der Waals surface area contributed by atoms with Gasteiger partial charge in [-0.15, -0.1) is 0 Å². The molecule has 14 heteroatoms. The number of amides is 1. The van der Waals surface area contributed by atoms with Crippen LogP contribution in [0.25, 0.3) is 0 Å². The Labute approximate surface area is 221 Å². The van der Waals surface area contributed by atoms with Crippen LogP contribution < -0.4 is 10.1 Å². The first-order valence-electron chi connectivity index (χ1n) is 11.8. The van der Waals surface area contributed by atoms with E-state index < -0.39 is 78.6 Å². The largest absolute Gasteiger partial charge is 0.508 e. The minimum atomic E-state index is -1.81. The van der Waals surface area contributed by atoms with E-state index in [0.717, 1.165) is 12.1 Å². The van der Waals surface area contributed by atoms with Crippen molar-refractivity contribution in [3.63, 3.8) is 0 Å². The molecule has 0 unspecified atom stereocenters. The summed E-state index contributed by atoms with van der Waals surface area (Å²) in [5, 5.41) is 80.9. The monoisotopic (exact) mass is 551 g/mol. The zero-order valence-electron chi connectivity index (χ0n) is 20.4. The van der Waals surface area contributed by atoms with Gasteiger partial charge in [0.1, 0.15) is 53.0 Å². The summed E-state index contributed by atoms with van der Waals surface area (Å²) in [6.45, 7) is -0.726. The van der Waals surface area contributed by atoms with Crippen LogP contribution >= 0.6 is 0 Å². The summed E-state index contributed by atoms with van der Waals surface area (Å²) in [6, 6.07) is 6.01. The minimum Gasteiger partial charge on any atom is -0.508 e. The second-order valence-electron chi connectivity index (χ2n) is 8.87. The minimum absolute atomic E-state index is 0.00876. The molecule has 2 aromatic rings. The van der Waals surface area contributed by atoms with E-state index in [1.165, 1.54) is 18.2 Å². The molecule has 2 aromatic carbocycles. The zero-order chi connectivity index (χ0) is 28.9. The molecule has 1 amide bonds. The van der Waals surface area contributed by atoms with Crippen molar-refractivity contribution in [2.45, 2.75) is 56.4 Å². The highest BCUT2D eigenvalue weighted by Crippen LogP contribution is 2.36. The number of anilines is 1. The van der Waals surface area contributed by atoms with Crippen LogP contribution in [-0.2, 0) is 20.7 Å². The lowest BCUT2D eigenvalue weighted by atomic mass is 9.98. The lowest BCUT2D eigenvalue weighted by Gasteiger charge is -2.39. The Kier molecular flexibility index (Phi) is 9.66. The van der Waals surface area contributed by atoms with Crippen molar-refractivity contribution < 1.29 is 64.7 Å². The lowest BCUT2D eigenvalue weighted by Crippen LogP contribution is -2.60. The van der Waals surface area contributed by atoms with E-state index in [0.29, 0.717) is 5.56 Å². The van der Waals surface area contributed by atoms with E-state index in [1.54, 1.807) is 0 Å². The van der Waals surface area contributed by atoms with E-state index in [-0.39, 0.29) is 36.3 Å². The Bertz CT molecular complexity index is 1210. The number of carboxylic acids is 1. The molecule has 212 valence electrons. The third-order valence-electron chi connectivity index (χ3n) is 5.98. The van der Waals surface area contributed by atoms with Gasteiger partial charge < -0.3 is 55.6 Å².